The van der Waals surface area contributed by atoms with Gasteiger partial charge in [-0.2, -0.15) is 0 Å². The Bertz CT molecular complexity index is 1370. The molecule has 8 nitrogen and oxygen atoms in total. The van der Waals surface area contributed by atoms with Crippen molar-refractivity contribution in [1.29, 1.82) is 0 Å². The second-order valence-corrected chi connectivity index (χ2v) is 13.1. The predicted molar refractivity (Wildman–Crippen MR) is 144 cm³/mol. The van der Waals surface area contributed by atoms with Crippen LogP contribution in [0.5, 0.6) is 0 Å². The Kier molecular flexibility index (Phi) is 8.11. The van der Waals surface area contributed by atoms with E-state index in [9.17, 15) is 27.2 Å². The van der Waals surface area contributed by atoms with Crippen molar-refractivity contribution in [3.8, 4) is 0 Å². The first-order valence-electron chi connectivity index (χ1n) is 13.2. The quantitative estimate of drug-likeness (QED) is 0.397. The highest BCUT2D eigenvalue weighted by Gasteiger charge is 2.35. The number of amides is 2. The Morgan fingerprint density at radius 1 is 1.00 bits per heavy atom. The van der Waals surface area contributed by atoms with Gasteiger partial charge in [0, 0.05) is 36.6 Å². The van der Waals surface area contributed by atoms with Gasteiger partial charge in [0.25, 0.3) is 17.6 Å². The fraction of sp³-hybridized carbons (Fsp3) is 0.536. The van der Waals surface area contributed by atoms with Gasteiger partial charge in [-0.1, -0.05) is 12.8 Å². The van der Waals surface area contributed by atoms with E-state index >= 15 is 0 Å². The van der Waals surface area contributed by atoms with E-state index in [0.29, 0.717) is 48.1 Å². The number of nitrogens with zero attached hydrogens (tertiary/aromatic N) is 1. The number of carbonyl (C=O) groups is 3. The number of nitrogens with one attached hydrogen (secondary N) is 2. The van der Waals surface area contributed by atoms with Gasteiger partial charge in [0.05, 0.1) is 16.5 Å². The average molecular weight is 546 g/mol. The highest BCUT2D eigenvalue weighted by Crippen LogP contribution is 2.39. The lowest BCUT2D eigenvalue weighted by atomic mass is 9.94. The molecular formula is C28H36FN3O5S. The molecule has 2 saturated carbocycles. The van der Waals surface area contributed by atoms with E-state index < -0.39 is 32.7 Å². The minimum Gasteiger partial charge on any atom is -0.346 e. The van der Waals surface area contributed by atoms with Crippen molar-refractivity contribution in [3.05, 3.63) is 52.1 Å². The summed E-state index contributed by atoms with van der Waals surface area (Å²) in [7, 11) is -1.41. The molecule has 1 aromatic carbocycles. The topological polar surface area (TPSA) is 114 Å². The molecule has 0 aliphatic heterocycles. The highest BCUT2D eigenvalue weighted by molar-refractivity contribution is 7.91. The maximum atomic E-state index is 13.7. The zero-order valence-corrected chi connectivity index (χ0v) is 23.2. The van der Waals surface area contributed by atoms with Crippen molar-refractivity contribution >= 4 is 33.1 Å². The lowest BCUT2D eigenvalue weighted by Crippen LogP contribution is -2.43. The SMILES string of the molecule is Cc1cc(NC(=O)c2c(C)c(C(=O)C(=O)NC3CCC(S(C)(=O)=O)CC3)n(C)c2C2CCCC2)ccc1F. The lowest BCUT2D eigenvalue weighted by Gasteiger charge is -2.27. The molecule has 2 amide bonds. The van der Waals surface area contributed by atoms with Crippen molar-refractivity contribution in [3.63, 3.8) is 0 Å². The number of aryl methyl sites for hydroxylation is 1. The number of hydrogen-bond acceptors (Lipinski definition) is 5. The van der Waals surface area contributed by atoms with Gasteiger partial charge in [-0.05, 0) is 81.7 Å². The maximum Gasteiger partial charge on any atom is 0.294 e. The van der Waals surface area contributed by atoms with Gasteiger partial charge >= 0.3 is 0 Å². The smallest absolute Gasteiger partial charge is 0.294 e. The summed E-state index contributed by atoms with van der Waals surface area (Å²) in [6.07, 6.45) is 6.90. The van der Waals surface area contributed by atoms with Crippen LogP contribution in [0.1, 0.15) is 95.0 Å². The third-order valence-corrected chi connectivity index (χ3v) is 9.79. The Morgan fingerprint density at radius 3 is 2.21 bits per heavy atom. The summed E-state index contributed by atoms with van der Waals surface area (Å²) >= 11 is 0. The van der Waals surface area contributed by atoms with Crippen molar-refractivity contribution in [2.24, 2.45) is 7.05 Å². The molecule has 206 valence electrons. The standard InChI is InChI=1S/C28H36FN3O5S/c1-16-15-20(11-14-22(16)29)31-27(34)23-17(2)24(32(3)25(23)18-7-5-6-8-18)26(33)28(35)30-19-9-12-21(13-10-19)38(4,36)37/h11,14-15,18-19,21H,5-10,12-13H2,1-4H3,(H,30,35)(H,31,34). The molecule has 4 rings (SSSR count). The molecule has 38 heavy (non-hydrogen) atoms. The van der Waals surface area contributed by atoms with Gasteiger partial charge in [-0.15, -0.1) is 0 Å². The molecule has 2 aromatic rings. The van der Waals surface area contributed by atoms with Crippen LogP contribution in [0.4, 0.5) is 10.1 Å². The monoisotopic (exact) mass is 545 g/mol. The van der Waals surface area contributed by atoms with Gasteiger partial charge in [0.2, 0.25) is 0 Å². The minimum absolute atomic E-state index is 0.0882. The third kappa shape index (κ3) is 5.70. The molecule has 0 radical (unpaired) electrons. The predicted octanol–water partition coefficient (Wildman–Crippen LogP) is 4.35. The van der Waals surface area contributed by atoms with Gasteiger partial charge in [-0.3, -0.25) is 14.4 Å². The number of hydrogen-bond donors (Lipinski definition) is 2. The lowest BCUT2D eigenvalue weighted by molar-refractivity contribution is -0.117. The summed E-state index contributed by atoms with van der Waals surface area (Å²) < 4.78 is 39.1. The molecule has 10 heteroatoms. The summed E-state index contributed by atoms with van der Waals surface area (Å²) in [6, 6.07) is 4.07. The zero-order valence-electron chi connectivity index (χ0n) is 22.4. The fourth-order valence-electron chi connectivity index (χ4n) is 6.05. The third-order valence-electron chi connectivity index (χ3n) is 8.10. The zero-order chi connectivity index (χ0) is 27.8. The molecule has 0 atom stereocenters. The number of rotatable bonds is 7. The van der Waals surface area contributed by atoms with Crippen LogP contribution in [0.25, 0.3) is 0 Å². The average Bonchev–Trinajstić information content (AvgIpc) is 3.46. The first-order valence-corrected chi connectivity index (χ1v) is 15.1. The molecule has 1 heterocycles. The number of aromatic nitrogens is 1. The Hall–Kier alpha value is -3.01. The molecule has 0 bridgehead atoms. The van der Waals surface area contributed by atoms with E-state index in [1.165, 1.54) is 18.4 Å². The summed E-state index contributed by atoms with van der Waals surface area (Å²) in [6.45, 7) is 3.30. The van der Waals surface area contributed by atoms with E-state index in [-0.39, 0.29) is 23.5 Å². The van der Waals surface area contributed by atoms with Gasteiger partial charge in [0.15, 0.2) is 0 Å². The van der Waals surface area contributed by atoms with Crippen molar-refractivity contribution < 1.29 is 27.2 Å². The van der Waals surface area contributed by atoms with Crippen LogP contribution in [0.15, 0.2) is 18.2 Å². The molecule has 2 N–H and O–H groups in total. The van der Waals surface area contributed by atoms with Gasteiger partial charge < -0.3 is 15.2 Å². The van der Waals surface area contributed by atoms with E-state index in [1.807, 2.05) is 0 Å². The number of Topliss-reactive ketones (excluding diaryl/α,β-unsaturated/α-hetero) is 1. The number of carbonyl (C=O) groups excluding carboxylic acids is 3. The largest absolute Gasteiger partial charge is 0.346 e. The number of anilines is 1. The van der Waals surface area contributed by atoms with Crippen LogP contribution >= 0.6 is 0 Å². The Morgan fingerprint density at radius 2 is 1.63 bits per heavy atom. The minimum atomic E-state index is -3.13. The molecular weight excluding hydrogens is 509 g/mol. The summed E-state index contributed by atoms with van der Waals surface area (Å²) in [5.74, 6) is -2.15. The number of ketones is 1. The van der Waals surface area contributed by atoms with E-state index in [1.54, 1.807) is 31.5 Å². The molecule has 0 saturated heterocycles. The summed E-state index contributed by atoms with van der Waals surface area (Å²) in [5.41, 5.74) is 2.58. The van der Waals surface area contributed by atoms with Crippen LogP contribution in [0, 0.1) is 19.7 Å². The van der Waals surface area contributed by atoms with Gasteiger partial charge in [0.1, 0.15) is 15.7 Å². The van der Waals surface area contributed by atoms with Crippen molar-refractivity contribution in [2.45, 2.75) is 82.4 Å². The molecule has 1 aromatic heterocycles. The van der Waals surface area contributed by atoms with Crippen LogP contribution < -0.4 is 10.6 Å². The first kappa shape index (κ1) is 28.0. The van der Waals surface area contributed by atoms with Crippen LogP contribution in [-0.4, -0.2) is 48.1 Å². The number of benzene rings is 1. The molecule has 2 fully saturated rings. The second kappa shape index (κ2) is 11.0. The fourth-order valence-corrected chi connectivity index (χ4v) is 7.18. The first-order chi connectivity index (χ1) is 17.9. The van der Waals surface area contributed by atoms with Crippen molar-refractivity contribution in [2.75, 3.05) is 11.6 Å². The second-order valence-electron chi connectivity index (χ2n) is 10.8. The van der Waals surface area contributed by atoms with E-state index in [2.05, 4.69) is 10.6 Å². The summed E-state index contributed by atoms with van der Waals surface area (Å²) in [5, 5.41) is 5.22. The summed E-state index contributed by atoms with van der Waals surface area (Å²) in [4.78, 5) is 40.0. The normalized spacial score (nSPS) is 20.3. The molecule has 0 spiro atoms. The molecule has 0 unspecified atom stereocenters. The molecule has 2 aliphatic carbocycles. The Balaban J connectivity index is 1.59. The van der Waals surface area contributed by atoms with Crippen LogP contribution in [-0.2, 0) is 21.7 Å². The molecule has 2 aliphatic rings. The number of halogens is 1. The van der Waals surface area contributed by atoms with E-state index in [4.69, 9.17) is 0 Å². The van der Waals surface area contributed by atoms with Gasteiger partial charge in [-0.25, -0.2) is 12.8 Å². The Labute approximate surface area is 223 Å². The highest BCUT2D eigenvalue weighted by atomic mass is 32.2. The van der Waals surface area contributed by atoms with E-state index in [0.717, 1.165) is 31.4 Å². The van der Waals surface area contributed by atoms with Crippen molar-refractivity contribution in [1.82, 2.24) is 9.88 Å². The van der Waals surface area contributed by atoms with Crippen LogP contribution in [0.2, 0.25) is 0 Å². The maximum absolute atomic E-state index is 13.7. The van der Waals surface area contributed by atoms with Crippen LogP contribution in [0.3, 0.4) is 0 Å². The number of sulfone groups is 1.